The molecule has 2 rings (SSSR count). The molecule has 0 saturated heterocycles. The molecule has 1 aliphatic carbocycles. The smallest absolute Gasteiger partial charge is 0.0933 e. The third kappa shape index (κ3) is 3.42. The van der Waals surface area contributed by atoms with Crippen LogP contribution >= 0.6 is 11.6 Å². The van der Waals surface area contributed by atoms with Crippen LogP contribution in [0.2, 0.25) is 5.02 Å². The van der Waals surface area contributed by atoms with Crippen LogP contribution in [0, 0.1) is 0 Å². The monoisotopic (exact) mass is 314 g/mol. The SMILES string of the molecule is CCOC1(C(NN)c2c(Cl)cnn2CC)CCCCCC1. The van der Waals surface area contributed by atoms with Gasteiger partial charge in [0, 0.05) is 13.2 Å². The summed E-state index contributed by atoms with van der Waals surface area (Å²) in [4.78, 5) is 0. The van der Waals surface area contributed by atoms with E-state index < -0.39 is 0 Å². The van der Waals surface area contributed by atoms with Crippen molar-refractivity contribution in [2.45, 2.75) is 70.6 Å². The highest BCUT2D eigenvalue weighted by Gasteiger charge is 2.42. The predicted molar refractivity (Wildman–Crippen MR) is 85.0 cm³/mol. The normalized spacial score (nSPS) is 20.2. The Kier molecular flexibility index (Phi) is 6.05. The van der Waals surface area contributed by atoms with E-state index in [-0.39, 0.29) is 11.6 Å². The number of hydrogen-bond donors (Lipinski definition) is 2. The van der Waals surface area contributed by atoms with E-state index in [1.165, 1.54) is 12.8 Å². The minimum Gasteiger partial charge on any atom is -0.373 e. The quantitative estimate of drug-likeness (QED) is 0.481. The van der Waals surface area contributed by atoms with Crippen molar-refractivity contribution in [2.24, 2.45) is 5.84 Å². The molecule has 1 unspecified atom stereocenters. The summed E-state index contributed by atoms with van der Waals surface area (Å²) >= 11 is 6.38. The van der Waals surface area contributed by atoms with E-state index in [1.807, 2.05) is 11.6 Å². The first kappa shape index (κ1) is 16.7. The van der Waals surface area contributed by atoms with Crippen LogP contribution < -0.4 is 11.3 Å². The lowest BCUT2D eigenvalue weighted by Gasteiger charge is -2.40. The predicted octanol–water partition coefficient (Wildman–Crippen LogP) is 3.19. The number of hydrazine groups is 1. The van der Waals surface area contributed by atoms with Gasteiger partial charge in [0.25, 0.3) is 0 Å². The Balaban J connectivity index is 2.41. The molecule has 1 fully saturated rings. The minimum absolute atomic E-state index is 0.134. The molecule has 1 saturated carbocycles. The topological polar surface area (TPSA) is 65.1 Å². The number of ether oxygens (including phenoxy) is 1. The van der Waals surface area contributed by atoms with Gasteiger partial charge in [-0.05, 0) is 26.7 Å². The second-order valence-electron chi connectivity index (χ2n) is 5.71. The molecule has 21 heavy (non-hydrogen) atoms. The molecular formula is C15H27ClN4O. The summed E-state index contributed by atoms with van der Waals surface area (Å²) in [6.45, 7) is 5.54. The fraction of sp³-hybridized carbons (Fsp3) is 0.800. The number of aryl methyl sites for hydroxylation is 1. The average Bonchev–Trinajstić information content (AvgIpc) is 2.70. The molecule has 3 N–H and O–H groups in total. The molecule has 1 aromatic rings. The third-order valence-electron chi connectivity index (χ3n) is 4.48. The molecule has 120 valence electrons. The Bertz CT molecular complexity index is 441. The van der Waals surface area contributed by atoms with Crippen molar-refractivity contribution in [1.29, 1.82) is 0 Å². The van der Waals surface area contributed by atoms with Gasteiger partial charge < -0.3 is 4.74 Å². The van der Waals surface area contributed by atoms with Crippen molar-refractivity contribution in [3.05, 3.63) is 16.9 Å². The highest BCUT2D eigenvalue weighted by Crippen LogP contribution is 2.42. The molecule has 0 aliphatic heterocycles. The molecule has 5 nitrogen and oxygen atoms in total. The molecule has 0 amide bonds. The molecule has 0 bridgehead atoms. The number of halogens is 1. The number of nitrogens with one attached hydrogen (secondary N) is 1. The van der Waals surface area contributed by atoms with Crippen LogP contribution in [0.5, 0.6) is 0 Å². The Morgan fingerprint density at radius 3 is 2.57 bits per heavy atom. The number of nitrogens with zero attached hydrogens (tertiary/aromatic N) is 2. The van der Waals surface area contributed by atoms with Crippen molar-refractivity contribution < 1.29 is 4.74 Å². The standard InChI is InChI=1S/C15H27ClN4O/c1-3-20-13(12(16)11-18-20)14(19-17)15(21-4-2)9-7-5-6-8-10-15/h11,14,19H,3-10,17H2,1-2H3. The van der Waals surface area contributed by atoms with Gasteiger partial charge in [-0.25, -0.2) is 5.43 Å². The minimum atomic E-state index is -0.295. The van der Waals surface area contributed by atoms with Crippen molar-refractivity contribution in [3.63, 3.8) is 0 Å². The first-order valence-electron chi connectivity index (χ1n) is 7.99. The molecule has 0 radical (unpaired) electrons. The number of aromatic nitrogens is 2. The molecule has 1 aliphatic rings. The lowest BCUT2D eigenvalue weighted by molar-refractivity contribution is -0.0800. The van der Waals surface area contributed by atoms with Gasteiger partial charge in [0.1, 0.15) is 0 Å². The van der Waals surface area contributed by atoms with E-state index in [2.05, 4.69) is 17.4 Å². The summed E-state index contributed by atoms with van der Waals surface area (Å²) in [5.41, 5.74) is 3.62. The Hall–Kier alpha value is -0.620. The van der Waals surface area contributed by atoms with Gasteiger partial charge >= 0.3 is 0 Å². The summed E-state index contributed by atoms with van der Waals surface area (Å²) in [5, 5.41) is 5.00. The Morgan fingerprint density at radius 2 is 2.05 bits per heavy atom. The van der Waals surface area contributed by atoms with Crippen LogP contribution in [0.15, 0.2) is 6.20 Å². The molecule has 1 aromatic heterocycles. The van der Waals surface area contributed by atoms with Gasteiger partial charge in [-0.3, -0.25) is 10.5 Å². The second-order valence-corrected chi connectivity index (χ2v) is 6.11. The molecular weight excluding hydrogens is 288 g/mol. The maximum atomic E-state index is 6.38. The third-order valence-corrected chi connectivity index (χ3v) is 4.77. The Morgan fingerprint density at radius 1 is 1.38 bits per heavy atom. The molecule has 6 heteroatoms. The van der Waals surface area contributed by atoms with E-state index in [9.17, 15) is 0 Å². The second kappa shape index (κ2) is 7.58. The maximum absolute atomic E-state index is 6.38. The van der Waals surface area contributed by atoms with Crippen molar-refractivity contribution >= 4 is 11.6 Å². The van der Waals surface area contributed by atoms with Crippen LogP contribution in [0.1, 0.15) is 64.1 Å². The number of nitrogens with two attached hydrogens (primary N) is 1. The fourth-order valence-corrected chi connectivity index (χ4v) is 3.77. The van der Waals surface area contributed by atoms with E-state index in [0.717, 1.165) is 37.9 Å². The van der Waals surface area contributed by atoms with Crippen molar-refractivity contribution in [3.8, 4) is 0 Å². The van der Waals surface area contributed by atoms with E-state index in [4.69, 9.17) is 22.2 Å². The van der Waals surface area contributed by atoms with E-state index in [0.29, 0.717) is 11.6 Å². The molecule has 1 atom stereocenters. The van der Waals surface area contributed by atoms with Gasteiger partial charge in [-0.2, -0.15) is 5.10 Å². The van der Waals surface area contributed by atoms with Gasteiger partial charge in [0.2, 0.25) is 0 Å². The summed E-state index contributed by atoms with van der Waals surface area (Å²) in [5.74, 6) is 5.92. The van der Waals surface area contributed by atoms with Crippen molar-refractivity contribution in [2.75, 3.05) is 6.61 Å². The zero-order chi connectivity index (χ0) is 15.3. The average molecular weight is 315 g/mol. The van der Waals surface area contributed by atoms with Crippen molar-refractivity contribution in [1.82, 2.24) is 15.2 Å². The Labute approximate surface area is 132 Å². The summed E-state index contributed by atoms with van der Waals surface area (Å²) in [6.07, 6.45) is 8.54. The highest BCUT2D eigenvalue weighted by atomic mass is 35.5. The zero-order valence-electron chi connectivity index (χ0n) is 13.1. The zero-order valence-corrected chi connectivity index (χ0v) is 13.8. The number of hydrogen-bond acceptors (Lipinski definition) is 4. The first-order valence-corrected chi connectivity index (χ1v) is 8.37. The molecule has 0 aromatic carbocycles. The van der Waals surface area contributed by atoms with Crippen LogP contribution in [-0.4, -0.2) is 22.0 Å². The van der Waals surface area contributed by atoms with Crippen LogP contribution in [0.3, 0.4) is 0 Å². The largest absolute Gasteiger partial charge is 0.373 e. The lowest BCUT2D eigenvalue weighted by atomic mass is 9.84. The van der Waals surface area contributed by atoms with Crippen LogP contribution in [0.25, 0.3) is 0 Å². The molecule has 1 heterocycles. The van der Waals surface area contributed by atoms with Crippen LogP contribution in [-0.2, 0) is 11.3 Å². The first-order chi connectivity index (χ1) is 10.2. The van der Waals surface area contributed by atoms with E-state index >= 15 is 0 Å². The van der Waals surface area contributed by atoms with Crippen LogP contribution in [0.4, 0.5) is 0 Å². The molecule has 0 spiro atoms. The van der Waals surface area contributed by atoms with Gasteiger partial charge in [0.15, 0.2) is 0 Å². The summed E-state index contributed by atoms with van der Waals surface area (Å²) < 4.78 is 8.15. The maximum Gasteiger partial charge on any atom is 0.0933 e. The summed E-state index contributed by atoms with van der Waals surface area (Å²) in [6, 6.07) is -0.134. The van der Waals surface area contributed by atoms with Gasteiger partial charge in [-0.1, -0.05) is 37.3 Å². The van der Waals surface area contributed by atoms with Gasteiger partial charge in [0.05, 0.1) is 28.6 Å². The fourth-order valence-electron chi connectivity index (χ4n) is 3.52. The highest BCUT2D eigenvalue weighted by molar-refractivity contribution is 6.31. The summed E-state index contributed by atoms with van der Waals surface area (Å²) in [7, 11) is 0. The lowest BCUT2D eigenvalue weighted by Crippen LogP contribution is -2.49. The van der Waals surface area contributed by atoms with E-state index in [1.54, 1.807) is 6.20 Å². The number of rotatable bonds is 6. The van der Waals surface area contributed by atoms with Gasteiger partial charge in [-0.15, -0.1) is 0 Å².